The van der Waals surface area contributed by atoms with Crippen LogP contribution in [0.2, 0.25) is 0 Å². The van der Waals surface area contributed by atoms with Crippen LogP contribution in [0.15, 0.2) is 61.1 Å². The third-order valence-corrected chi connectivity index (χ3v) is 8.49. The lowest BCUT2D eigenvalue weighted by atomic mass is 9.72. The zero-order valence-corrected chi connectivity index (χ0v) is 20.0. The predicted molar refractivity (Wildman–Crippen MR) is 134 cm³/mol. The normalized spacial score (nSPS) is 22.1. The maximum Gasteiger partial charge on any atom is 0.318 e. The summed E-state index contributed by atoms with van der Waals surface area (Å²) in [6.45, 7) is 2.17. The van der Waals surface area contributed by atoms with Gasteiger partial charge in [-0.25, -0.2) is 9.18 Å². The van der Waals surface area contributed by atoms with Crippen molar-refractivity contribution in [2.45, 2.75) is 49.6 Å². The summed E-state index contributed by atoms with van der Waals surface area (Å²) in [5, 5.41) is 9.19. The quantitative estimate of drug-likeness (QED) is 0.457. The summed E-state index contributed by atoms with van der Waals surface area (Å²) in [5.74, 6) is -0.356. The lowest BCUT2D eigenvalue weighted by Gasteiger charge is -2.43. The zero-order valence-electron chi connectivity index (χ0n) is 20.0. The summed E-state index contributed by atoms with van der Waals surface area (Å²) in [6.07, 6.45) is 9.04. The minimum absolute atomic E-state index is 0.0957. The van der Waals surface area contributed by atoms with E-state index in [1.54, 1.807) is 12.3 Å². The molecule has 1 spiro atoms. The van der Waals surface area contributed by atoms with Gasteiger partial charge in [0, 0.05) is 59.7 Å². The molecule has 1 atom stereocenters. The number of carbonyl (C=O) groups excluding carboxylic acids is 1. The van der Waals surface area contributed by atoms with Crippen LogP contribution in [0.1, 0.15) is 43.4 Å². The number of pyridine rings is 2. The second kappa shape index (κ2) is 7.85. The van der Waals surface area contributed by atoms with Gasteiger partial charge in [-0.05, 0) is 56.4 Å². The molecule has 1 aromatic carbocycles. The largest absolute Gasteiger partial charge is 0.328 e. The number of rotatable bonds is 3. The number of aryl methyl sites for hydroxylation is 1. The van der Waals surface area contributed by atoms with Gasteiger partial charge in [0.25, 0.3) is 0 Å². The molecule has 1 saturated heterocycles. The molecule has 1 aliphatic carbocycles. The number of likely N-dealkylation sites (tertiary alicyclic amines) is 1. The van der Waals surface area contributed by atoms with Crippen molar-refractivity contribution in [3.05, 3.63) is 78.1 Å². The number of carbonyl (C=O) groups is 1. The first-order chi connectivity index (χ1) is 17.6. The molecule has 2 amide bonds. The molecule has 182 valence electrons. The van der Waals surface area contributed by atoms with E-state index in [-0.39, 0.29) is 17.3 Å². The second-order valence-corrected chi connectivity index (χ2v) is 10.5. The molecular formula is C28H27FN6O. The van der Waals surface area contributed by atoms with E-state index in [9.17, 15) is 9.18 Å². The van der Waals surface area contributed by atoms with Crippen LogP contribution >= 0.6 is 0 Å². The molecule has 2 aliphatic heterocycles. The smallest absolute Gasteiger partial charge is 0.318 e. The van der Waals surface area contributed by atoms with Crippen molar-refractivity contribution < 1.29 is 9.18 Å². The van der Waals surface area contributed by atoms with Crippen LogP contribution in [-0.2, 0) is 17.5 Å². The molecular weight excluding hydrogens is 455 g/mol. The van der Waals surface area contributed by atoms with Crippen molar-refractivity contribution in [2.24, 2.45) is 0 Å². The van der Waals surface area contributed by atoms with Gasteiger partial charge in [0.2, 0.25) is 0 Å². The number of hydrogen-bond acceptors (Lipinski definition) is 4. The van der Waals surface area contributed by atoms with E-state index in [4.69, 9.17) is 5.10 Å². The Morgan fingerprint density at radius 3 is 2.72 bits per heavy atom. The Morgan fingerprint density at radius 1 is 1.03 bits per heavy atom. The van der Waals surface area contributed by atoms with Crippen LogP contribution in [0.3, 0.4) is 0 Å². The van der Waals surface area contributed by atoms with Crippen LogP contribution in [0.25, 0.3) is 22.2 Å². The highest BCUT2D eigenvalue weighted by Gasteiger charge is 2.49. The highest BCUT2D eigenvalue weighted by molar-refractivity contribution is 5.83. The molecule has 0 radical (unpaired) electrons. The van der Waals surface area contributed by atoms with E-state index in [2.05, 4.69) is 38.2 Å². The Hall–Kier alpha value is -3.81. The number of para-hydroxylation sites is 1. The number of nitrogens with one attached hydrogen (secondary N) is 1. The summed E-state index contributed by atoms with van der Waals surface area (Å²) < 4.78 is 16.6. The molecule has 1 N–H and O–H groups in total. The van der Waals surface area contributed by atoms with Gasteiger partial charge in [-0.15, -0.1) is 0 Å². The van der Waals surface area contributed by atoms with Crippen molar-refractivity contribution in [3.63, 3.8) is 0 Å². The summed E-state index contributed by atoms with van der Waals surface area (Å²) in [5.41, 5.74) is 3.90. The first-order valence-electron chi connectivity index (χ1n) is 12.7. The minimum atomic E-state index is -0.631. The molecule has 1 saturated carbocycles. The molecule has 7 rings (SSSR count). The van der Waals surface area contributed by atoms with Crippen molar-refractivity contribution >= 4 is 16.9 Å². The Labute approximate surface area is 208 Å². The summed E-state index contributed by atoms with van der Waals surface area (Å²) in [7, 11) is 0. The Kier molecular flexibility index (Phi) is 4.68. The van der Waals surface area contributed by atoms with Crippen molar-refractivity contribution in [2.75, 3.05) is 13.1 Å². The molecule has 5 heterocycles. The number of amides is 2. The van der Waals surface area contributed by atoms with Crippen molar-refractivity contribution in [1.82, 2.24) is 30.0 Å². The fourth-order valence-electron chi connectivity index (χ4n) is 6.31. The number of halogens is 1. The van der Waals surface area contributed by atoms with E-state index in [1.807, 2.05) is 29.3 Å². The van der Waals surface area contributed by atoms with Crippen LogP contribution < -0.4 is 5.32 Å². The Morgan fingerprint density at radius 2 is 1.89 bits per heavy atom. The van der Waals surface area contributed by atoms with E-state index in [1.165, 1.54) is 11.9 Å². The monoisotopic (exact) mass is 482 g/mol. The maximum atomic E-state index is 14.5. The molecule has 3 aliphatic rings. The standard InChI is InChI=1S/C28H27FN6O/c29-22-17-30-11-6-21(22)28(7-3-8-28)32-26(36)34-12-9-27(18-34)10-13-35-25(27)15-24(33-35)20-14-19-4-1-2-5-23(19)31-16-20/h1-2,4-6,11,14-17H,3,7-10,12-13,18H2,(H,32,36). The van der Waals surface area contributed by atoms with Gasteiger partial charge >= 0.3 is 6.03 Å². The SMILES string of the molecule is O=C(NC1(c2ccncc2F)CCC1)N1CCC2(CCn3nc(-c4cnc5ccccc5c4)cc32)C1. The highest BCUT2D eigenvalue weighted by Crippen LogP contribution is 2.45. The van der Waals surface area contributed by atoms with Crippen molar-refractivity contribution in [3.8, 4) is 11.3 Å². The fourth-order valence-corrected chi connectivity index (χ4v) is 6.31. The zero-order chi connectivity index (χ0) is 24.3. The van der Waals surface area contributed by atoms with Crippen LogP contribution in [0.4, 0.5) is 9.18 Å². The number of hydrogen-bond donors (Lipinski definition) is 1. The van der Waals surface area contributed by atoms with Crippen LogP contribution in [-0.4, -0.2) is 43.8 Å². The van der Waals surface area contributed by atoms with Gasteiger partial charge in [-0.1, -0.05) is 18.2 Å². The van der Waals surface area contributed by atoms with Crippen LogP contribution in [0.5, 0.6) is 0 Å². The highest BCUT2D eigenvalue weighted by atomic mass is 19.1. The van der Waals surface area contributed by atoms with Gasteiger partial charge in [0.1, 0.15) is 5.82 Å². The van der Waals surface area contributed by atoms with Gasteiger partial charge in [0.15, 0.2) is 0 Å². The third kappa shape index (κ3) is 3.23. The van der Waals surface area contributed by atoms with Gasteiger partial charge in [-0.2, -0.15) is 5.10 Å². The number of fused-ring (bicyclic) bond motifs is 3. The van der Waals surface area contributed by atoms with E-state index in [0.717, 1.165) is 60.8 Å². The summed E-state index contributed by atoms with van der Waals surface area (Å²) >= 11 is 0. The molecule has 1 unspecified atom stereocenters. The van der Waals surface area contributed by atoms with Gasteiger partial charge < -0.3 is 10.2 Å². The van der Waals surface area contributed by atoms with Crippen molar-refractivity contribution in [1.29, 1.82) is 0 Å². The first-order valence-corrected chi connectivity index (χ1v) is 12.7. The van der Waals surface area contributed by atoms with E-state index < -0.39 is 5.54 Å². The Balaban J connectivity index is 1.12. The lowest BCUT2D eigenvalue weighted by molar-refractivity contribution is 0.151. The first kappa shape index (κ1) is 21.5. The topological polar surface area (TPSA) is 75.9 Å². The number of urea groups is 1. The lowest BCUT2D eigenvalue weighted by Crippen LogP contribution is -2.55. The van der Waals surface area contributed by atoms with Crippen LogP contribution in [0, 0.1) is 5.82 Å². The Bertz CT molecular complexity index is 1490. The number of benzene rings is 1. The van der Waals surface area contributed by atoms with E-state index in [0.29, 0.717) is 18.7 Å². The average Bonchev–Trinajstić information content (AvgIpc) is 3.58. The van der Waals surface area contributed by atoms with Gasteiger partial charge in [0.05, 0.1) is 22.9 Å². The average molecular weight is 483 g/mol. The second-order valence-electron chi connectivity index (χ2n) is 10.5. The third-order valence-electron chi connectivity index (χ3n) is 8.49. The minimum Gasteiger partial charge on any atom is -0.328 e. The number of aromatic nitrogens is 4. The molecule has 0 bridgehead atoms. The molecule has 4 aromatic rings. The van der Waals surface area contributed by atoms with Gasteiger partial charge in [-0.3, -0.25) is 14.6 Å². The summed E-state index contributed by atoms with van der Waals surface area (Å²) in [6, 6.07) is 14.0. The molecule has 36 heavy (non-hydrogen) atoms. The van der Waals surface area contributed by atoms with E-state index >= 15 is 0 Å². The molecule has 8 heteroatoms. The number of nitrogens with zero attached hydrogens (tertiary/aromatic N) is 5. The molecule has 3 aromatic heterocycles. The molecule has 2 fully saturated rings. The molecule has 7 nitrogen and oxygen atoms in total. The fraction of sp³-hybridized carbons (Fsp3) is 0.357. The maximum absolute atomic E-state index is 14.5. The summed E-state index contributed by atoms with van der Waals surface area (Å²) in [4.78, 5) is 23.8. The predicted octanol–water partition coefficient (Wildman–Crippen LogP) is 4.77.